The number of methoxy groups -OCH3 is 2. The smallest absolute Gasteiger partial charge is 0.357 e. The van der Waals surface area contributed by atoms with Crippen molar-refractivity contribution in [3.63, 3.8) is 0 Å². The highest BCUT2D eigenvalue weighted by Gasteiger charge is 2.39. The van der Waals surface area contributed by atoms with Gasteiger partial charge in [0.1, 0.15) is 11.5 Å². The Morgan fingerprint density at radius 3 is 2.23 bits per heavy atom. The van der Waals surface area contributed by atoms with Crippen molar-refractivity contribution in [2.75, 3.05) is 32.8 Å². The first-order valence-corrected chi connectivity index (χ1v) is 11.0. The summed E-state index contributed by atoms with van der Waals surface area (Å²) in [5, 5.41) is 14.2. The molecule has 0 aromatic heterocycles. The van der Waals surface area contributed by atoms with Crippen LogP contribution in [0.25, 0.3) is 0 Å². The molecule has 0 aliphatic heterocycles. The number of non-ortho nitro benzene ring substituents is 1. The maximum absolute atomic E-state index is 13.7. The summed E-state index contributed by atoms with van der Waals surface area (Å²) < 4.78 is 35.7. The van der Waals surface area contributed by atoms with Gasteiger partial charge in [-0.2, -0.15) is 0 Å². The molecule has 0 radical (unpaired) electrons. The number of benzene rings is 2. The maximum atomic E-state index is 13.7. The molecule has 1 unspecified atom stereocenters. The summed E-state index contributed by atoms with van der Waals surface area (Å²) in [7, 11) is -0.661. The molecule has 10 heteroatoms. The summed E-state index contributed by atoms with van der Waals surface area (Å²) in [6.45, 7) is 5.53. The average Bonchev–Trinajstić information content (AvgIpc) is 2.72. The van der Waals surface area contributed by atoms with E-state index in [1.807, 2.05) is 0 Å². The second kappa shape index (κ2) is 10.4. The predicted molar refractivity (Wildman–Crippen MR) is 115 cm³/mol. The number of hydrogen-bond acceptors (Lipinski definition) is 8. The lowest BCUT2D eigenvalue weighted by molar-refractivity contribution is -0.384. The van der Waals surface area contributed by atoms with Crippen LogP contribution in [0.1, 0.15) is 30.8 Å². The van der Waals surface area contributed by atoms with Crippen LogP contribution in [0.4, 0.5) is 11.4 Å². The van der Waals surface area contributed by atoms with Crippen LogP contribution in [0.15, 0.2) is 36.4 Å². The number of nitro benzene ring substituents is 1. The second-order valence-corrected chi connectivity index (χ2v) is 8.40. The third-order valence-electron chi connectivity index (χ3n) is 4.38. The van der Waals surface area contributed by atoms with E-state index in [1.165, 1.54) is 26.4 Å². The number of hydrogen-bond donors (Lipinski definition) is 1. The Labute approximate surface area is 176 Å². The molecule has 1 N–H and O–H groups in total. The van der Waals surface area contributed by atoms with E-state index >= 15 is 0 Å². The van der Waals surface area contributed by atoms with Gasteiger partial charge >= 0.3 is 7.60 Å². The molecule has 0 aliphatic rings. The van der Waals surface area contributed by atoms with Crippen LogP contribution in [0.2, 0.25) is 0 Å². The van der Waals surface area contributed by atoms with Crippen molar-refractivity contribution in [2.45, 2.75) is 26.6 Å². The molecule has 0 fully saturated rings. The number of anilines is 1. The lowest BCUT2D eigenvalue weighted by Crippen LogP contribution is -2.17. The first-order valence-electron chi connectivity index (χ1n) is 9.41. The summed E-state index contributed by atoms with van der Waals surface area (Å²) in [6.07, 6.45) is 0. The molecule has 164 valence electrons. The van der Waals surface area contributed by atoms with Gasteiger partial charge in [-0.3, -0.25) is 14.7 Å². The first-order chi connectivity index (χ1) is 14.3. The minimum absolute atomic E-state index is 0.0329. The fourth-order valence-electron chi connectivity index (χ4n) is 2.99. The molecule has 1 atom stereocenters. The standard InChI is InChI=1S/C20H27N2O7P/c1-6-28-30(25,29-7-2)20(17-10-9-16(26-4)13-19(17)27-5)21-18-11-8-15(22(23)24)12-14(18)3/h8-13,20-21H,6-7H2,1-5H3. The molecule has 2 aromatic rings. The van der Waals surface area contributed by atoms with Gasteiger partial charge in [0.2, 0.25) is 0 Å². The molecular weight excluding hydrogens is 411 g/mol. The van der Waals surface area contributed by atoms with Gasteiger partial charge in [0, 0.05) is 29.4 Å². The monoisotopic (exact) mass is 438 g/mol. The minimum atomic E-state index is -3.70. The van der Waals surface area contributed by atoms with Crippen LogP contribution in [0.5, 0.6) is 11.5 Å². The van der Waals surface area contributed by atoms with E-state index in [4.69, 9.17) is 18.5 Å². The molecule has 0 heterocycles. The quantitative estimate of drug-likeness (QED) is 0.286. The van der Waals surface area contributed by atoms with Crippen molar-refractivity contribution in [2.24, 2.45) is 0 Å². The van der Waals surface area contributed by atoms with Crippen LogP contribution in [-0.4, -0.2) is 32.4 Å². The van der Waals surface area contributed by atoms with Gasteiger partial charge in [-0.15, -0.1) is 0 Å². The first kappa shape index (κ1) is 23.7. The maximum Gasteiger partial charge on any atom is 0.357 e. The summed E-state index contributed by atoms with van der Waals surface area (Å²) >= 11 is 0. The van der Waals surface area contributed by atoms with Crippen LogP contribution in [-0.2, 0) is 13.6 Å². The number of nitrogens with zero attached hydrogens (tertiary/aromatic N) is 1. The van der Waals surface area contributed by atoms with Crippen molar-refractivity contribution in [1.82, 2.24) is 0 Å². The molecule has 9 nitrogen and oxygen atoms in total. The van der Waals surface area contributed by atoms with Crippen molar-refractivity contribution in [3.05, 3.63) is 57.6 Å². The normalized spacial score (nSPS) is 12.3. The Kier molecular flexibility index (Phi) is 8.23. The second-order valence-electron chi connectivity index (χ2n) is 6.29. The largest absolute Gasteiger partial charge is 0.497 e. The molecule has 2 rings (SSSR count). The van der Waals surface area contributed by atoms with E-state index < -0.39 is 18.3 Å². The van der Waals surface area contributed by atoms with Crippen molar-refractivity contribution in [3.8, 4) is 11.5 Å². The summed E-state index contributed by atoms with van der Waals surface area (Å²) in [5.74, 6) is 0.0907. The van der Waals surface area contributed by atoms with Gasteiger partial charge in [-0.25, -0.2) is 0 Å². The van der Waals surface area contributed by atoms with E-state index in [-0.39, 0.29) is 18.9 Å². The van der Waals surface area contributed by atoms with Gasteiger partial charge in [-0.1, -0.05) is 0 Å². The molecule has 0 spiro atoms. The van der Waals surface area contributed by atoms with Gasteiger partial charge < -0.3 is 23.8 Å². The summed E-state index contributed by atoms with van der Waals surface area (Å²) in [4.78, 5) is 10.6. The number of ether oxygens (including phenoxy) is 2. The van der Waals surface area contributed by atoms with Crippen LogP contribution >= 0.6 is 7.60 Å². The molecule has 0 amide bonds. The van der Waals surface area contributed by atoms with Gasteiger partial charge in [0.25, 0.3) is 5.69 Å². The Morgan fingerprint density at radius 2 is 1.73 bits per heavy atom. The van der Waals surface area contributed by atoms with Crippen LogP contribution in [0, 0.1) is 17.0 Å². The Morgan fingerprint density at radius 1 is 1.07 bits per heavy atom. The number of nitro groups is 1. The molecule has 0 saturated carbocycles. The molecule has 0 aliphatic carbocycles. The summed E-state index contributed by atoms with van der Waals surface area (Å²) in [6, 6.07) is 9.51. The third-order valence-corrected chi connectivity index (χ3v) is 6.66. The van der Waals surface area contributed by atoms with Crippen LogP contribution in [0.3, 0.4) is 0 Å². The SMILES string of the molecule is CCOP(=O)(OCC)C(Nc1ccc([N+](=O)[O-])cc1C)c1ccc(OC)cc1OC. The van der Waals surface area contributed by atoms with E-state index in [1.54, 1.807) is 45.0 Å². The van der Waals surface area contributed by atoms with Crippen LogP contribution < -0.4 is 14.8 Å². The van der Waals surface area contributed by atoms with Crippen molar-refractivity contribution < 1.29 is 28.0 Å². The number of aryl methyl sites for hydroxylation is 1. The average molecular weight is 438 g/mol. The zero-order valence-electron chi connectivity index (χ0n) is 17.7. The molecule has 30 heavy (non-hydrogen) atoms. The van der Waals surface area contributed by atoms with E-state index in [0.717, 1.165) is 0 Å². The van der Waals surface area contributed by atoms with Crippen molar-refractivity contribution >= 4 is 19.0 Å². The topological polar surface area (TPSA) is 109 Å². The minimum Gasteiger partial charge on any atom is -0.497 e. The third kappa shape index (κ3) is 5.30. The summed E-state index contributed by atoms with van der Waals surface area (Å²) in [5.41, 5.74) is 1.68. The molecule has 0 bridgehead atoms. The van der Waals surface area contributed by atoms with E-state index in [2.05, 4.69) is 5.32 Å². The number of rotatable bonds is 11. The van der Waals surface area contributed by atoms with Gasteiger partial charge in [-0.05, 0) is 44.5 Å². The Balaban J connectivity index is 2.60. The highest BCUT2D eigenvalue weighted by atomic mass is 31.2. The number of nitrogens with one attached hydrogen (secondary N) is 1. The molecule has 0 saturated heterocycles. The van der Waals surface area contributed by atoms with E-state index in [0.29, 0.717) is 28.3 Å². The Bertz CT molecular complexity index is 925. The zero-order valence-corrected chi connectivity index (χ0v) is 18.6. The molecule has 2 aromatic carbocycles. The van der Waals surface area contributed by atoms with E-state index in [9.17, 15) is 14.7 Å². The highest BCUT2D eigenvalue weighted by molar-refractivity contribution is 7.54. The van der Waals surface area contributed by atoms with Gasteiger partial charge in [0.15, 0.2) is 5.78 Å². The van der Waals surface area contributed by atoms with Crippen molar-refractivity contribution in [1.29, 1.82) is 0 Å². The lowest BCUT2D eigenvalue weighted by Gasteiger charge is -2.29. The van der Waals surface area contributed by atoms with Gasteiger partial charge in [0.05, 0.1) is 32.4 Å². The fraction of sp³-hybridized carbons (Fsp3) is 0.400. The predicted octanol–water partition coefficient (Wildman–Crippen LogP) is 5.30. The highest BCUT2D eigenvalue weighted by Crippen LogP contribution is 2.62. The zero-order chi connectivity index (χ0) is 22.3. The molecular formula is C20H27N2O7P. The Hall–Kier alpha value is -2.61. The lowest BCUT2D eigenvalue weighted by atomic mass is 10.1. The fourth-order valence-corrected chi connectivity index (χ4v) is 4.93.